The molecule has 0 saturated carbocycles. The van der Waals surface area contributed by atoms with Crippen molar-refractivity contribution in [3.63, 3.8) is 0 Å². The highest BCUT2D eigenvalue weighted by Crippen LogP contribution is 2.35. The van der Waals surface area contributed by atoms with Crippen LogP contribution in [0.5, 0.6) is 11.5 Å². The van der Waals surface area contributed by atoms with Crippen LogP contribution in [0.25, 0.3) is 10.8 Å². The first-order chi connectivity index (χ1) is 13.8. The molecule has 0 bridgehead atoms. The zero-order chi connectivity index (χ0) is 18.9. The minimum absolute atomic E-state index is 0.0660. The molecule has 1 heterocycles. The van der Waals surface area contributed by atoms with Gasteiger partial charge in [-0.25, -0.2) is 0 Å². The standard InChI is InChI=1S/C24H23NO3/c26-23(6-1-3-16-7-12-21-22(15-16)28-14-13-27-21)25-20-11-10-18-9-8-17-4-2-5-19(20)24(17)18/h2,4-5,7,10-12,15H,1,3,6,8-9,13-14H2,(H,25,26). The number of nitrogens with one attached hydrogen (secondary N) is 1. The van der Waals surface area contributed by atoms with Crippen LogP contribution in [0.15, 0.2) is 48.5 Å². The first-order valence-corrected chi connectivity index (χ1v) is 10.00. The summed E-state index contributed by atoms with van der Waals surface area (Å²) in [6.07, 6.45) is 4.33. The number of carbonyl (C=O) groups excluding carboxylic acids is 1. The number of hydrogen-bond donors (Lipinski definition) is 1. The largest absolute Gasteiger partial charge is 0.486 e. The number of anilines is 1. The number of amides is 1. The van der Waals surface area contributed by atoms with Gasteiger partial charge < -0.3 is 14.8 Å². The normalized spacial score (nSPS) is 14.3. The maximum atomic E-state index is 12.5. The number of fused-ring (bicyclic) bond motifs is 1. The molecule has 4 nitrogen and oxygen atoms in total. The van der Waals surface area contributed by atoms with Crippen molar-refractivity contribution in [1.29, 1.82) is 0 Å². The van der Waals surface area contributed by atoms with Gasteiger partial charge in [0.05, 0.1) is 0 Å². The molecule has 0 atom stereocenters. The Morgan fingerprint density at radius 1 is 0.929 bits per heavy atom. The lowest BCUT2D eigenvalue weighted by Gasteiger charge is -2.18. The van der Waals surface area contributed by atoms with Crippen molar-refractivity contribution in [3.8, 4) is 11.5 Å². The predicted molar refractivity (Wildman–Crippen MR) is 110 cm³/mol. The highest BCUT2D eigenvalue weighted by atomic mass is 16.6. The van der Waals surface area contributed by atoms with E-state index in [9.17, 15) is 4.79 Å². The molecule has 2 aliphatic rings. The summed E-state index contributed by atoms with van der Waals surface area (Å²) in [7, 11) is 0. The van der Waals surface area contributed by atoms with Gasteiger partial charge >= 0.3 is 0 Å². The van der Waals surface area contributed by atoms with E-state index in [1.54, 1.807) is 0 Å². The molecule has 0 unspecified atom stereocenters. The molecule has 1 N–H and O–H groups in total. The molecule has 3 aromatic carbocycles. The molecule has 0 fully saturated rings. The molecule has 5 rings (SSSR count). The fourth-order valence-corrected chi connectivity index (χ4v) is 4.26. The molecular weight excluding hydrogens is 350 g/mol. The minimum atomic E-state index is 0.0660. The van der Waals surface area contributed by atoms with Crippen LogP contribution < -0.4 is 14.8 Å². The van der Waals surface area contributed by atoms with E-state index in [1.807, 2.05) is 18.2 Å². The molecule has 0 aromatic heterocycles. The van der Waals surface area contributed by atoms with Gasteiger partial charge in [-0.1, -0.05) is 30.3 Å². The minimum Gasteiger partial charge on any atom is -0.486 e. The van der Waals surface area contributed by atoms with Crippen molar-refractivity contribution in [2.45, 2.75) is 32.1 Å². The Morgan fingerprint density at radius 3 is 2.64 bits per heavy atom. The van der Waals surface area contributed by atoms with Gasteiger partial charge in [0.15, 0.2) is 11.5 Å². The van der Waals surface area contributed by atoms with Crippen molar-refractivity contribution >= 4 is 22.4 Å². The average Bonchev–Trinajstić information content (AvgIpc) is 3.15. The summed E-state index contributed by atoms with van der Waals surface area (Å²) in [5.41, 5.74) is 4.87. The Labute approximate surface area is 164 Å². The quantitative estimate of drug-likeness (QED) is 0.707. The zero-order valence-electron chi connectivity index (χ0n) is 15.8. The van der Waals surface area contributed by atoms with Crippen molar-refractivity contribution in [3.05, 3.63) is 65.2 Å². The second kappa shape index (κ2) is 7.19. The van der Waals surface area contributed by atoms with Gasteiger partial charge in [-0.3, -0.25) is 4.79 Å². The van der Waals surface area contributed by atoms with Gasteiger partial charge in [-0.15, -0.1) is 0 Å². The fraction of sp³-hybridized carbons (Fsp3) is 0.292. The van der Waals surface area contributed by atoms with E-state index >= 15 is 0 Å². The topological polar surface area (TPSA) is 47.6 Å². The smallest absolute Gasteiger partial charge is 0.224 e. The van der Waals surface area contributed by atoms with E-state index < -0.39 is 0 Å². The molecule has 4 heteroatoms. The molecule has 1 amide bonds. The highest BCUT2D eigenvalue weighted by molar-refractivity contribution is 6.05. The molecule has 142 valence electrons. The Bertz CT molecular complexity index is 1050. The Kier molecular flexibility index (Phi) is 4.40. The van der Waals surface area contributed by atoms with Crippen LogP contribution in [0.2, 0.25) is 0 Å². The van der Waals surface area contributed by atoms with Gasteiger partial charge in [-0.05, 0) is 66.0 Å². The van der Waals surface area contributed by atoms with Gasteiger partial charge in [0, 0.05) is 17.5 Å². The summed E-state index contributed by atoms with van der Waals surface area (Å²) >= 11 is 0. The lowest BCUT2D eigenvalue weighted by atomic mass is 10.0. The summed E-state index contributed by atoms with van der Waals surface area (Å²) in [6, 6.07) is 16.6. The van der Waals surface area contributed by atoms with Crippen LogP contribution in [0.3, 0.4) is 0 Å². The zero-order valence-corrected chi connectivity index (χ0v) is 15.8. The molecule has 1 aliphatic heterocycles. The third kappa shape index (κ3) is 3.19. The van der Waals surface area contributed by atoms with E-state index in [-0.39, 0.29) is 5.91 Å². The van der Waals surface area contributed by atoms with Crippen molar-refractivity contribution < 1.29 is 14.3 Å². The van der Waals surface area contributed by atoms with Crippen LogP contribution >= 0.6 is 0 Å². The Balaban J connectivity index is 1.22. The van der Waals surface area contributed by atoms with Gasteiger partial charge in [0.25, 0.3) is 0 Å². The number of aryl methyl sites for hydroxylation is 3. The predicted octanol–water partition coefficient (Wildman–Crippen LogP) is 4.67. The first kappa shape index (κ1) is 17.1. The Hall–Kier alpha value is -3.01. The second-order valence-corrected chi connectivity index (χ2v) is 7.49. The van der Waals surface area contributed by atoms with Gasteiger partial charge in [0.1, 0.15) is 13.2 Å². The van der Waals surface area contributed by atoms with Gasteiger partial charge in [0.2, 0.25) is 5.91 Å². The van der Waals surface area contributed by atoms with E-state index in [0.29, 0.717) is 19.6 Å². The van der Waals surface area contributed by atoms with E-state index in [4.69, 9.17) is 9.47 Å². The molecule has 0 spiro atoms. The summed E-state index contributed by atoms with van der Waals surface area (Å²) in [5, 5.41) is 5.61. The van der Waals surface area contributed by atoms with Gasteiger partial charge in [-0.2, -0.15) is 0 Å². The summed E-state index contributed by atoms with van der Waals surface area (Å²) in [4.78, 5) is 12.5. The van der Waals surface area contributed by atoms with Crippen LogP contribution in [0.4, 0.5) is 5.69 Å². The molecular formula is C24H23NO3. The van der Waals surface area contributed by atoms with Crippen LogP contribution in [-0.4, -0.2) is 19.1 Å². The Morgan fingerprint density at radius 2 is 1.75 bits per heavy atom. The maximum absolute atomic E-state index is 12.5. The van der Waals surface area contributed by atoms with E-state index in [1.165, 1.54) is 22.1 Å². The molecule has 28 heavy (non-hydrogen) atoms. The van der Waals surface area contributed by atoms with Crippen molar-refractivity contribution in [1.82, 2.24) is 0 Å². The number of rotatable bonds is 5. The lowest BCUT2D eigenvalue weighted by molar-refractivity contribution is -0.116. The fourth-order valence-electron chi connectivity index (χ4n) is 4.26. The monoisotopic (exact) mass is 373 g/mol. The maximum Gasteiger partial charge on any atom is 0.224 e. The molecule has 0 radical (unpaired) electrons. The van der Waals surface area contributed by atoms with E-state index in [2.05, 4.69) is 35.6 Å². The SMILES string of the molecule is O=C(CCCc1ccc2c(c1)OCCO2)Nc1ccc2c3c(cccc13)CC2. The first-order valence-electron chi connectivity index (χ1n) is 10.00. The molecule has 1 aliphatic carbocycles. The van der Waals surface area contributed by atoms with E-state index in [0.717, 1.165) is 48.3 Å². The number of carbonyl (C=O) groups is 1. The van der Waals surface area contributed by atoms with Crippen LogP contribution in [0.1, 0.15) is 29.5 Å². The second-order valence-electron chi connectivity index (χ2n) is 7.49. The summed E-state index contributed by atoms with van der Waals surface area (Å²) in [5.74, 6) is 1.68. The highest BCUT2D eigenvalue weighted by Gasteiger charge is 2.17. The summed E-state index contributed by atoms with van der Waals surface area (Å²) in [6.45, 7) is 1.19. The number of ether oxygens (including phenoxy) is 2. The van der Waals surface area contributed by atoms with Crippen LogP contribution in [0, 0.1) is 0 Å². The summed E-state index contributed by atoms with van der Waals surface area (Å²) < 4.78 is 11.2. The molecule has 0 saturated heterocycles. The lowest BCUT2D eigenvalue weighted by Crippen LogP contribution is -2.15. The molecule has 3 aromatic rings. The average molecular weight is 373 g/mol. The van der Waals surface area contributed by atoms with Crippen LogP contribution in [-0.2, 0) is 24.1 Å². The third-order valence-corrected chi connectivity index (χ3v) is 5.63. The van der Waals surface area contributed by atoms with Crippen molar-refractivity contribution in [2.75, 3.05) is 18.5 Å². The third-order valence-electron chi connectivity index (χ3n) is 5.63. The van der Waals surface area contributed by atoms with Crippen molar-refractivity contribution in [2.24, 2.45) is 0 Å². The number of hydrogen-bond acceptors (Lipinski definition) is 3. The number of benzene rings is 3.